The Morgan fingerprint density at radius 2 is 1.52 bits per heavy atom. The van der Waals surface area contributed by atoms with E-state index in [4.69, 9.17) is 5.73 Å². The minimum atomic E-state index is -0.00879. The zero-order chi connectivity index (χ0) is 17.8. The Kier molecular flexibility index (Phi) is 4.92. The molecule has 0 atom stereocenters. The normalized spacial score (nSPS) is 14.9. The summed E-state index contributed by atoms with van der Waals surface area (Å²) in [6, 6.07) is 7.37. The van der Waals surface area contributed by atoms with Gasteiger partial charge in [0.15, 0.2) is 0 Å². The minimum absolute atomic E-state index is 0.00879. The number of carbonyl (C=O) groups excluding carboxylic acids is 2. The third-order valence-electron chi connectivity index (χ3n) is 4.37. The third kappa shape index (κ3) is 3.93. The summed E-state index contributed by atoms with van der Waals surface area (Å²) >= 11 is 0. The van der Waals surface area contributed by atoms with Crippen molar-refractivity contribution in [2.75, 3.05) is 31.9 Å². The fourth-order valence-corrected chi connectivity index (χ4v) is 2.91. The number of aromatic nitrogens is 2. The van der Waals surface area contributed by atoms with Crippen LogP contribution in [0, 0.1) is 0 Å². The number of hydrogen-bond donors (Lipinski definition) is 1. The molecule has 2 N–H and O–H groups in total. The first-order chi connectivity index (χ1) is 12.0. The van der Waals surface area contributed by atoms with E-state index in [1.54, 1.807) is 24.2 Å². The zero-order valence-corrected chi connectivity index (χ0v) is 14.2. The highest BCUT2D eigenvalue weighted by Crippen LogP contribution is 2.19. The van der Waals surface area contributed by atoms with Crippen LogP contribution >= 0.6 is 0 Å². The summed E-state index contributed by atoms with van der Waals surface area (Å²) in [5.74, 6) is 0.284. The molecule has 3 rings (SSSR count). The van der Waals surface area contributed by atoms with E-state index in [1.165, 1.54) is 0 Å². The Bertz CT molecular complexity index is 758. The van der Waals surface area contributed by atoms with Gasteiger partial charge >= 0.3 is 0 Å². The molecule has 2 amide bonds. The summed E-state index contributed by atoms with van der Waals surface area (Å²) in [7, 11) is 0. The first-order valence-corrected chi connectivity index (χ1v) is 8.27. The van der Waals surface area contributed by atoms with Crippen LogP contribution in [0.4, 0.5) is 5.95 Å². The third-order valence-corrected chi connectivity index (χ3v) is 4.37. The van der Waals surface area contributed by atoms with Gasteiger partial charge in [-0.2, -0.15) is 0 Å². The van der Waals surface area contributed by atoms with E-state index in [0.29, 0.717) is 31.7 Å². The number of rotatable bonds is 2. The van der Waals surface area contributed by atoms with Crippen molar-refractivity contribution in [1.29, 1.82) is 0 Å². The number of amides is 2. The molecule has 0 saturated carbocycles. The molecule has 2 heterocycles. The maximum absolute atomic E-state index is 12.7. The Labute approximate surface area is 146 Å². The summed E-state index contributed by atoms with van der Waals surface area (Å²) in [5, 5.41) is 0. The van der Waals surface area contributed by atoms with Gasteiger partial charge in [0.25, 0.3) is 5.91 Å². The Hall–Kier alpha value is -2.96. The summed E-state index contributed by atoms with van der Waals surface area (Å²) in [6.07, 6.45) is 4.11. The fraction of sp³-hybridized carbons (Fsp3) is 0.333. The summed E-state index contributed by atoms with van der Waals surface area (Å²) in [6.45, 7) is 4.08. The average Bonchev–Trinajstić information content (AvgIpc) is 2.88. The molecule has 25 heavy (non-hydrogen) atoms. The number of carbonyl (C=O) groups is 2. The van der Waals surface area contributed by atoms with Gasteiger partial charge in [0, 0.05) is 56.6 Å². The molecule has 1 aromatic heterocycles. The monoisotopic (exact) mass is 339 g/mol. The minimum Gasteiger partial charge on any atom is -0.368 e. The molecule has 0 spiro atoms. The lowest BCUT2D eigenvalue weighted by Crippen LogP contribution is -2.36. The van der Waals surface area contributed by atoms with E-state index in [9.17, 15) is 9.59 Å². The number of nitrogens with two attached hydrogens (primary N) is 1. The molecular weight excluding hydrogens is 318 g/mol. The lowest BCUT2D eigenvalue weighted by molar-refractivity contribution is -0.128. The van der Waals surface area contributed by atoms with E-state index >= 15 is 0 Å². The lowest BCUT2D eigenvalue weighted by Gasteiger charge is -2.21. The second kappa shape index (κ2) is 7.29. The van der Waals surface area contributed by atoms with Gasteiger partial charge in [0.1, 0.15) is 0 Å². The maximum atomic E-state index is 12.7. The van der Waals surface area contributed by atoms with E-state index < -0.39 is 0 Å². The van der Waals surface area contributed by atoms with Gasteiger partial charge in [0.05, 0.1) is 0 Å². The number of hydrogen-bond acceptors (Lipinski definition) is 5. The highest BCUT2D eigenvalue weighted by Gasteiger charge is 2.21. The van der Waals surface area contributed by atoms with Gasteiger partial charge < -0.3 is 15.5 Å². The highest BCUT2D eigenvalue weighted by atomic mass is 16.2. The fourth-order valence-electron chi connectivity index (χ4n) is 2.91. The van der Waals surface area contributed by atoms with Crippen LogP contribution in [0.1, 0.15) is 23.7 Å². The van der Waals surface area contributed by atoms with Crippen molar-refractivity contribution in [2.45, 2.75) is 13.3 Å². The molecule has 1 aliphatic heterocycles. The quantitative estimate of drug-likeness (QED) is 0.893. The summed E-state index contributed by atoms with van der Waals surface area (Å²) in [4.78, 5) is 35.8. The molecule has 7 heteroatoms. The van der Waals surface area contributed by atoms with E-state index in [1.807, 2.05) is 29.2 Å². The van der Waals surface area contributed by atoms with Crippen LogP contribution in [-0.2, 0) is 4.79 Å². The van der Waals surface area contributed by atoms with E-state index in [-0.39, 0.29) is 17.8 Å². The van der Waals surface area contributed by atoms with Gasteiger partial charge in [-0.1, -0.05) is 12.1 Å². The number of nitrogen functional groups attached to an aromatic ring is 1. The van der Waals surface area contributed by atoms with Crippen LogP contribution in [0.15, 0.2) is 36.7 Å². The number of anilines is 1. The van der Waals surface area contributed by atoms with E-state index in [0.717, 1.165) is 17.5 Å². The molecule has 0 bridgehead atoms. The molecule has 0 radical (unpaired) electrons. The predicted octanol–water partition coefficient (Wildman–Crippen LogP) is 1.42. The van der Waals surface area contributed by atoms with Gasteiger partial charge in [-0.05, 0) is 24.1 Å². The predicted molar refractivity (Wildman–Crippen MR) is 94.7 cm³/mol. The van der Waals surface area contributed by atoms with Crippen molar-refractivity contribution in [3.05, 3.63) is 42.2 Å². The van der Waals surface area contributed by atoms with Crippen molar-refractivity contribution >= 4 is 17.8 Å². The molecule has 1 aromatic carbocycles. The van der Waals surface area contributed by atoms with Crippen LogP contribution in [-0.4, -0.2) is 57.8 Å². The molecule has 0 unspecified atom stereocenters. The van der Waals surface area contributed by atoms with Gasteiger partial charge in [-0.15, -0.1) is 0 Å². The zero-order valence-electron chi connectivity index (χ0n) is 14.2. The van der Waals surface area contributed by atoms with Crippen molar-refractivity contribution in [3.63, 3.8) is 0 Å². The molecule has 1 fully saturated rings. The van der Waals surface area contributed by atoms with Gasteiger partial charge in [-0.3, -0.25) is 9.59 Å². The molecule has 0 aliphatic carbocycles. The molecule has 7 nitrogen and oxygen atoms in total. The SMILES string of the molecule is CC(=O)N1CCCN(C(=O)c2ccc(-c3cnc(N)nc3)cc2)CC1. The summed E-state index contributed by atoms with van der Waals surface area (Å²) < 4.78 is 0. The first kappa shape index (κ1) is 16.9. The van der Waals surface area contributed by atoms with E-state index in [2.05, 4.69) is 9.97 Å². The average molecular weight is 339 g/mol. The highest BCUT2D eigenvalue weighted by molar-refractivity contribution is 5.94. The van der Waals surface area contributed by atoms with Crippen LogP contribution in [0.25, 0.3) is 11.1 Å². The number of benzene rings is 1. The van der Waals surface area contributed by atoms with Crippen molar-refractivity contribution in [2.24, 2.45) is 0 Å². The van der Waals surface area contributed by atoms with Crippen LogP contribution in [0.2, 0.25) is 0 Å². The topological polar surface area (TPSA) is 92.4 Å². The largest absolute Gasteiger partial charge is 0.368 e. The van der Waals surface area contributed by atoms with Crippen molar-refractivity contribution < 1.29 is 9.59 Å². The molecule has 1 aliphatic rings. The molecule has 2 aromatic rings. The standard InChI is InChI=1S/C18H21N5O2/c1-13(24)22-7-2-8-23(10-9-22)17(25)15-5-3-14(4-6-15)16-11-20-18(19)21-12-16/h3-6,11-12H,2,7-10H2,1H3,(H2,19,20,21). The molecule has 1 saturated heterocycles. The molecular formula is C18H21N5O2. The Morgan fingerprint density at radius 3 is 2.16 bits per heavy atom. The second-order valence-corrected chi connectivity index (χ2v) is 6.06. The van der Waals surface area contributed by atoms with Gasteiger partial charge in [0.2, 0.25) is 11.9 Å². The smallest absolute Gasteiger partial charge is 0.253 e. The van der Waals surface area contributed by atoms with Crippen molar-refractivity contribution in [3.8, 4) is 11.1 Å². The summed E-state index contributed by atoms with van der Waals surface area (Å²) in [5.41, 5.74) is 7.90. The van der Waals surface area contributed by atoms with Gasteiger partial charge in [-0.25, -0.2) is 9.97 Å². The van der Waals surface area contributed by atoms with Crippen LogP contribution < -0.4 is 5.73 Å². The Morgan fingerprint density at radius 1 is 0.920 bits per heavy atom. The van der Waals surface area contributed by atoms with Crippen molar-refractivity contribution in [1.82, 2.24) is 19.8 Å². The second-order valence-electron chi connectivity index (χ2n) is 6.06. The lowest BCUT2D eigenvalue weighted by atomic mass is 10.1. The first-order valence-electron chi connectivity index (χ1n) is 8.27. The van der Waals surface area contributed by atoms with Crippen LogP contribution in [0.3, 0.4) is 0 Å². The molecule has 130 valence electrons. The number of nitrogens with zero attached hydrogens (tertiary/aromatic N) is 4. The maximum Gasteiger partial charge on any atom is 0.253 e. The Balaban J connectivity index is 1.70. The van der Waals surface area contributed by atoms with Crippen LogP contribution in [0.5, 0.6) is 0 Å².